The van der Waals surface area contributed by atoms with Crippen molar-refractivity contribution in [2.24, 2.45) is 5.92 Å². The number of hydrogen-bond acceptors (Lipinski definition) is 4. The summed E-state index contributed by atoms with van der Waals surface area (Å²) in [6, 6.07) is 9.15. The van der Waals surface area contributed by atoms with Gasteiger partial charge in [0.15, 0.2) is 0 Å². The first-order chi connectivity index (χ1) is 10.7. The molecule has 0 unspecified atom stereocenters. The largest absolute Gasteiger partial charge is 0.480 e. The summed E-state index contributed by atoms with van der Waals surface area (Å²) >= 11 is 0. The maximum atomic E-state index is 11.0. The van der Waals surface area contributed by atoms with Gasteiger partial charge in [-0.25, -0.2) is 0 Å². The van der Waals surface area contributed by atoms with Crippen molar-refractivity contribution in [3.8, 4) is 0 Å². The van der Waals surface area contributed by atoms with Crippen LogP contribution in [0.1, 0.15) is 23.1 Å². The average Bonchev–Trinajstić information content (AvgIpc) is 3.03. The van der Waals surface area contributed by atoms with Gasteiger partial charge >= 0.3 is 5.97 Å². The lowest BCUT2D eigenvalue weighted by molar-refractivity contribution is -0.138. The zero-order chi connectivity index (χ0) is 15.1. The summed E-state index contributed by atoms with van der Waals surface area (Å²) in [6.45, 7) is 5.46. The number of nitrogens with zero attached hydrogens (tertiary/aromatic N) is 2. The first-order valence-corrected chi connectivity index (χ1v) is 8.09. The van der Waals surface area contributed by atoms with Crippen LogP contribution in [0.15, 0.2) is 24.3 Å². The molecule has 0 radical (unpaired) electrons. The summed E-state index contributed by atoms with van der Waals surface area (Å²) in [5.74, 6) is 0.259. The summed E-state index contributed by atoms with van der Waals surface area (Å²) in [5.41, 5.74) is 2.88. The fraction of sp³-hybridized carbons (Fsp3) is 0.588. The van der Waals surface area contributed by atoms with Crippen LogP contribution in [-0.4, -0.2) is 66.8 Å². The fourth-order valence-electron chi connectivity index (χ4n) is 4.55. The minimum absolute atomic E-state index is 0.158. The zero-order valence-electron chi connectivity index (χ0n) is 12.6. The van der Waals surface area contributed by atoms with Gasteiger partial charge in [-0.1, -0.05) is 24.3 Å². The summed E-state index contributed by atoms with van der Waals surface area (Å²) in [5, 5.41) is 9.08. The predicted octanol–water partition coefficient (Wildman–Crippen LogP) is 1.17. The molecule has 1 aliphatic carbocycles. The molecule has 2 saturated heterocycles. The number of carbonyl (C=O) groups is 1. The molecule has 3 atom stereocenters. The van der Waals surface area contributed by atoms with Crippen LogP contribution in [0.4, 0.5) is 0 Å². The standard InChI is InChI=1S/C17H22N2O3/c20-16(21)11-18-9-14-12-3-1-2-4-13(12)17(15(14)10-18)19-5-7-22-8-6-19/h1-4,14-15,17H,5-11H2,(H,20,21)/t14-,15-,17-/m0/s1. The number of hydrogen-bond donors (Lipinski definition) is 1. The van der Waals surface area contributed by atoms with Gasteiger partial charge in [0.2, 0.25) is 0 Å². The molecule has 1 aromatic rings. The van der Waals surface area contributed by atoms with Crippen molar-refractivity contribution in [2.45, 2.75) is 12.0 Å². The molecule has 1 N–H and O–H groups in total. The zero-order valence-corrected chi connectivity index (χ0v) is 12.6. The minimum atomic E-state index is -0.726. The van der Waals surface area contributed by atoms with Crippen LogP contribution in [-0.2, 0) is 9.53 Å². The quantitative estimate of drug-likeness (QED) is 0.908. The van der Waals surface area contributed by atoms with Crippen molar-refractivity contribution >= 4 is 5.97 Å². The van der Waals surface area contributed by atoms with Crippen molar-refractivity contribution in [2.75, 3.05) is 45.9 Å². The molecular weight excluding hydrogens is 280 g/mol. The van der Waals surface area contributed by atoms with Crippen molar-refractivity contribution in [1.82, 2.24) is 9.80 Å². The molecule has 4 rings (SSSR count). The second kappa shape index (κ2) is 5.65. The van der Waals surface area contributed by atoms with E-state index in [0.29, 0.717) is 17.9 Å². The fourth-order valence-corrected chi connectivity index (χ4v) is 4.55. The van der Waals surface area contributed by atoms with E-state index in [1.807, 2.05) is 0 Å². The van der Waals surface area contributed by atoms with E-state index >= 15 is 0 Å². The highest BCUT2D eigenvalue weighted by Crippen LogP contribution is 2.51. The molecule has 118 valence electrons. The Bertz CT molecular complexity index is 571. The van der Waals surface area contributed by atoms with E-state index in [1.165, 1.54) is 11.1 Å². The van der Waals surface area contributed by atoms with Gasteiger partial charge in [-0.05, 0) is 17.0 Å². The molecule has 0 amide bonds. The van der Waals surface area contributed by atoms with Gasteiger partial charge in [0.05, 0.1) is 19.8 Å². The summed E-state index contributed by atoms with van der Waals surface area (Å²) in [6.07, 6.45) is 0. The van der Waals surface area contributed by atoms with Crippen LogP contribution in [0, 0.1) is 5.92 Å². The Kier molecular flexibility index (Phi) is 3.64. The highest BCUT2D eigenvalue weighted by molar-refractivity contribution is 5.69. The molecule has 0 bridgehead atoms. The van der Waals surface area contributed by atoms with Crippen molar-refractivity contribution in [1.29, 1.82) is 0 Å². The van der Waals surface area contributed by atoms with Gasteiger partial charge in [-0.2, -0.15) is 0 Å². The molecule has 2 heterocycles. The number of ether oxygens (including phenoxy) is 1. The second-order valence-electron chi connectivity index (χ2n) is 6.58. The van der Waals surface area contributed by atoms with Crippen molar-refractivity contribution in [3.05, 3.63) is 35.4 Å². The highest BCUT2D eigenvalue weighted by Gasteiger charge is 2.48. The number of carboxylic acids is 1. The maximum Gasteiger partial charge on any atom is 0.317 e. The van der Waals surface area contributed by atoms with Crippen LogP contribution in [0.3, 0.4) is 0 Å². The molecule has 0 aromatic heterocycles. The first kappa shape index (κ1) is 14.2. The lowest BCUT2D eigenvalue weighted by Crippen LogP contribution is -2.41. The topological polar surface area (TPSA) is 53.0 Å². The molecule has 2 aliphatic heterocycles. The van der Waals surface area contributed by atoms with E-state index in [1.54, 1.807) is 0 Å². The molecule has 0 spiro atoms. The highest BCUT2D eigenvalue weighted by atomic mass is 16.5. The van der Waals surface area contributed by atoms with Gasteiger partial charge in [0.25, 0.3) is 0 Å². The number of likely N-dealkylation sites (tertiary alicyclic amines) is 1. The monoisotopic (exact) mass is 302 g/mol. The Balaban J connectivity index is 1.63. The van der Waals surface area contributed by atoms with E-state index < -0.39 is 5.97 Å². The first-order valence-electron chi connectivity index (χ1n) is 8.09. The molecule has 0 saturated carbocycles. The van der Waals surface area contributed by atoms with E-state index in [9.17, 15) is 4.79 Å². The van der Waals surface area contributed by atoms with E-state index in [2.05, 4.69) is 34.1 Å². The van der Waals surface area contributed by atoms with Crippen LogP contribution >= 0.6 is 0 Å². The van der Waals surface area contributed by atoms with Gasteiger partial charge < -0.3 is 9.84 Å². The van der Waals surface area contributed by atoms with E-state index in [4.69, 9.17) is 9.84 Å². The SMILES string of the molecule is O=C(O)CN1C[C@H]2[C@@H](C1)c1ccccc1[C@@H]2N1CCOCC1. The Morgan fingerprint density at radius 3 is 2.64 bits per heavy atom. The Morgan fingerprint density at radius 1 is 1.18 bits per heavy atom. The Morgan fingerprint density at radius 2 is 1.91 bits per heavy atom. The third kappa shape index (κ3) is 2.33. The third-order valence-electron chi connectivity index (χ3n) is 5.36. The number of carboxylic acid groups (broad SMARTS) is 1. The van der Waals surface area contributed by atoms with Crippen LogP contribution in [0.2, 0.25) is 0 Å². The number of rotatable bonds is 3. The maximum absolute atomic E-state index is 11.0. The van der Waals surface area contributed by atoms with Gasteiger partial charge in [0.1, 0.15) is 0 Å². The Hall–Kier alpha value is -1.43. The van der Waals surface area contributed by atoms with Crippen LogP contribution in [0.5, 0.6) is 0 Å². The summed E-state index contributed by atoms with van der Waals surface area (Å²) in [7, 11) is 0. The molecule has 22 heavy (non-hydrogen) atoms. The number of aliphatic carboxylic acids is 1. The number of benzene rings is 1. The molecular formula is C17H22N2O3. The predicted molar refractivity (Wildman–Crippen MR) is 81.9 cm³/mol. The van der Waals surface area contributed by atoms with Crippen molar-refractivity contribution < 1.29 is 14.6 Å². The molecule has 5 nitrogen and oxygen atoms in total. The third-order valence-corrected chi connectivity index (χ3v) is 5.36. The average molecular weight is 302 g/mol. The summed E-state index contributed by atoms with van der Waals surface area (Å²) in [4.78, 5) is 15.7. The Labute approximate surface area is 130 Å². The number of fused-ring (bicyclic) bond motifs is 3. The van der Waals surface area contributed by atoms with E-state index in [0.717, 1.165) is 39.4 Å². The second-order valence-corrected chi connectivity index (χ2v) is 6.58. The normalized spacial score (nSPS) is 31.9. The van der Waals surface area contributed by atoms with Gasteiger partial charge in [0, 0.05) is 38.1 Å². The van der Waals surface area contributed by atoms with Gasteiger partial charge in [-0.3, -0.25) is 14.6 Å². The van der Waals surface area contributed by atoms with Gasteiger partial charge in [-0.15, -0.1) is 0 Å². The smallest absolute Gasteiger partial charge is 0.317 e. The van der Waals surface area contributed by atoms with Crippen LogP contribution < -0.4 is 0 Å². The van der Waals surface area contributed by atoms with E-state index in [-0.39, 0.29) is 6.54 Å². The molecule has 1 aromatic carbocycles. The van der Waals surface area contributed by atoms with Crippen molar-refractivity contribution in [3.63, 3.8) is 0 Å². The molecule has 5 heteroatoms. The van der Waals surface area contributed by atoms with Crippen LogP contribution in [0.25, 0.3) is 0 Å². The number of morpholine rings is 1. The molecule has 2 fully saturated rings. The lowest BCUT2D eigenvalue weighted by atomic mass is 9.93. The minimum Gasteiger partial charge on any atom is -0.480 e. The lowest BCUT2D eigenvalue weighted by Gasteiger charge is -2.36. The summed E-state index contributed by atoms with van der Waals surface area (Å²) < 4.78 is 5.50. The molecule has 3 aliphatic rings.